The highest BCUT2D eigenvalue weighted by atomic mass is 32.2. The van der Waals surface area contributed by atoms with Crippen molar-refractivity contribution < 1.29 is 13.3 Å². The van der Waals surface area contributed by atoms with E-state index < -0.39 is 14.9 Å². The van der Waals surface area contributed by atoms with Crippen molar-refractivity contribution in [2.75, 3.05) is 11.9 Å². The van der Waals surface area contributed by atoms with Gasteiger partial charge in [0.25, 0.3) is 5.69 Å². The molecule has 1 aromatic heterocycles. The Morgan fingerprint density at radius 3 is 2.73 bits per heavy atom. The maximum absolute atomic E-state index is 11.2. The number of hydrogen-bond acceptors (Lipinski definition) is 6. The number of aromatic amines is 1. The second-order valence-electron chi connectivity index (χ2n) is 4.59. The first-order valence-electron chi connectivity index (χ1n) is 6.41. The van der Waals surface area contributed by atoms with Gasteiger partial charge < -0.3 is 5.32 Å². The van der Waals surface area contributed by atoms with Gasteiger partial charge in [0.1, 0.15) is 5.69 Å². The normalized spacial score (nSPS) is 11.3. The number of nitro groups is 1. The summed E-state index contributed by atoms with van der Waals surface area (Å²) < 4.78 is 22.5. The van der Waals surface area contributed by atoms with Crippen molar-refractivity contribution >= 4 is 21.4 Å². The molecule has 0 saturated carbocycles. The van der Waals surface area contributed by atoms with Crippen LogP contribution in [0.3, 0.4) is 0 Å². The van der Waals surface area contributed by atoms with Crippen molar-refractivity contribution in [3.05, 3.63) is 46.3 Å². The number of aryl methyl sites for hydroxylation is 1. The Morgan fingerprint density at radius 1 is 1.36 bits per heavy atom. The van der Waals surface area contributed by atoms with E-state index in [0.29, 0.717) is 6.54 Å². The third-order valence-electron chi connectivity index (χ3n) is 2.99. The van der Waals surface area contributed by atoms with E-state index >= 15 is 0 Å². The van der Waals surface area contributed by atoms with Gasteiger partial charge in [0.05, 0.1) is 9.82 Å². The van der Waals surface area contributed by atoms with E-state index in [1.54, 1.807) is 6.20 Å². The van der Waals surface area contributed by atoms with Gasteiger partial charge in [0.15, 0.2) is 0 Å². The molecular formula is C12H15N5O4S. The molecule has 0 aliphatic heterocycles. The number of rotatable bonds is 7. The van der Waals surface area contributed by atoms with Gasteiger partial charge in [-0.3, -0.25) is 15.2 Å². The highest BCUT2D eigenvalue weighted by Gasteiger charge is 2.18. The van der Waals surface area contributed by atoms with Crippen molar-refractivity contribution in [3.8, 4) is 0 Å². The minimum Gasteiger partial charge on any atom is -0.379 e. The number of H-pyrrole nitrogens is 1. The predicted molar refractivity (Wildman–Crippen MR) is 79.9 cm³/mol. The second-order valence-corrected chi connectivity index (χ2v) is 6.15. The summed E-state index contributed by atoms with van der Waals surface area (Å²) in [4.78, 5) is 10.1. The van der Waals surface area contributed by atoms with Crippen LogP contribution in [0.2, 0.25) is 0 Å². The fraction of sp³-hybridized carbons (Fsp3) is 0.250. The maximum Gasteiger partial charge on any atom is 0.293 e. The quantitative estimate of drug-likeness (QED) is 0.393. The van der Waals surface area contributed by atoms with E-state index in [-0.39, 0.29) is 16.3 Å². The zero-order valence-electron chi connectivity index (χ0n) is 11.5. The summed E-state index contributed by atoms with van der Waals surface area (Å²) in [5.74, 6) is 0. The average Bonchev–Trinajstić information content (AvgIpc) is 2.95. The molecule has 0 fully saturated rings. The van der Waals surface area contributed by atoms with Gasteiger partial charge in [-0.1, -0.05) is 0 Å². The third kappa shape index (κ3) is 4.02. The monoisotopic (exact) mass is 325 g/mol. The van der Waals surface area contributed by atoms with Crippen molar-refractivity contribution in [2.24, 2.45) is 5.14 Å². The molecule has 0 aliphatic carbocycles. The number of hydrogen-bond donors (Lipinski definition) is 3. The van der Waals surface area contributed by atoms with Crippen molar-refractivity contribution in [1.82, 2.24) is 10.2 Å². The Bertz CT molecular complexity index is 758. The SMILES string of the molecule is NS(=O)(=O)c1ccc(NCCCc2ccn[nH]2)c([N+](=O)[O-])c1. The van der Waals surface area contributed by atoms with Gasteiger partial charge in [-0.05, 0) is 31.0 Å². The summed E-state index contributed by atoms with van der Waals surface area (Å²) in [6.45, 7) is 0.495. The van der Waals surface area contributed by atoms with Crippen LogP contribution in [0.25, 0.3) is 0 Å². The average molecular weight is 325 g/mol. The lowest BCUT2D eigenvalue weighted by Gasteiger charge is -2.08. The second kappa shape index (κ2) is 6.54. The third-order valence-corrected chi connectivity index (χ3v) is 3.90. The van der Waals surface area contributed by atoms with Gasteiger partial charge in [-0.15, -0.1) is 0 Å². The molecule has 0 saturated heterocycles. The predicted octanol–water partition coefficient (Wildman–Crippen LogP) is 1.01. The summed E-state index contributed by atoms with van der Waals surface area (Å²) in [5.41, 5.74) is 0.899. The molecule has 0 unspecified atom stereocenters. The van der Waals surface area contributed by atoms with Crippen LogP contribution >= 0.6 is 0 Å². The van der Waals surface area contributed by atoms with E-state index in [1.807, 2.05) is 6.07 Å². The van der Waals surface area contributed by atoms with Crippen LogP contribution in [0, 0.1) is 10.1 Å². The van der Waals surface area contributed by atoms with Gasteiger partial charge in [0.2, 0.25) is 10.0 Å². The highest BCUT2D eigenvalue weighted by molar-refractivity contribution is 7.89. The van der Waals surface area contributed by atoms with Gasteiger partial charge in [-0.2, -0.15) is 5.10 Å². The molecule has 10 heteroatoms. The highest BCUT2D eigenvalue weighted by Crippen LogP contribution is 2.27. The lowest BCUT2D eigenvalue weighted by molar-refractivity contribution is -0.384. The van der Waals surface area contributed by atoms with Gasteiger partial charge in [0, 0.05) is 24.5 Å². The molecule has 0 bridgehead atoms. The van der Waals surface area contributed by atoms with Crippen molar-refractivity contribution in [1.29, 1.82) is 0 Å². The summed E-state index contributed by atoms with van der Waals surface area (Å²) in [7, 11) is -3.97. The maximum atomic E-state index is 11.2. The first-order chi connectivity index (χ1) is 10.4. The summed E-state index contributed by atoms with van der Waals surface area (Å²) >= 11 is 0. The Hall–Kier alpha value is -2.46. The van der Waals surface area contributed by atoms with E-state index in [0.717, 1.165) is 24.6 Å². The first-order valence-corrected chi connectivity index (χ1v) is 7.96. The van der Waals surface area contributed by atoms with Gasteiger partial charge >= 0.3 is 0 Å². The molecule has 1 aromatic carbocycles. The van der Waals surface area contributed by atoms with Gasteiger partial charge in [-0.25, -0.2) is 13.6 Å². The number of benzene rings is 1. The van der Waals surface area contributed by atoms with E-state index in [4.69, 9.17) is 5.14 Å². The van der Waals surface area contributed by atoms with E-state index in [2.05, 4.69) is 15.5 Å². The first kappa shape index (κ1) is 15.9. The molecule has 2 aromatic rings. The molecular weight excluding hydrogens is 310 g/mol. The molecule has 0 amide bonds. The van der Waals surface area contributed by atoms with Crippen LogP contribution in [-0.2, 0) is 16.4 Å². The van der Waals surface area contributed by atoms with Crippen LogP contribution in [0.5, 0.6) is 0 Å². The summed E-state index contributed by atoms with van der Waals surface area (Å²) in [5, 5.41) is 25.6. The summed E-state index contributed by atoms with van der Waals surface area (Å²) in [6, 6.07) is 5.38. The minimum atomic E-state index is -3.97. The summed E-state index contributed by atoms with van der Waals surface area (Å²) in [6.07, 6.45) is 3.13. The van der Waals surface area contributed by atoms with E-state index in [9.17, 15) is 18.5 Å². The zero-order chi connectivity index (χ0) is 16.2. The fourth-order valence-electron chi connectivity index (χ4n) is 1.91. The topological polar surface area (TPSA) is 144 Å². The largest absolute Gasteiger partial charge is 0.379 e. The molecule has 4 N–H and O–H groups in total. The number of nitrogens with two attached hydrogens (primary N) is 1. The Labute approximate surface area is 126 Å². The van der Waals surface area contributed by atoms with Crippen molar-refractivity contribution in [2.45, 2.75) is 17.7 Å². The number of aromatic nitrogens is 2. The Kier molecular flexibility index (Phi) is 4.73. The molecule has 1 heterocycles. The van der Waals surface area contributed by atoms with Crippen LogP contribution in [0.15, 0.2) is 35.4 Å². The number of nitro benzene ring substituents is 1. The molecule has 22 heavy (non-hydrogen) atoms. The molecule has 0 spiro atoms. The van der Waals surface area contributed by atoms with E-state index in [1.165, 1.54) is 12.1 Å². The number of nitrogens with zero attached hydrogens (tertiary/aromatic N) is 2. The van der Waals surface area contributed by atoms with Crippen LogP contribution in [0.1, 0.15) is 12.1 Å². The molecule has 0 aliphatic rings. The minimum absolute atomic E-state index is 0.252. The lowest BCUT2D eigenvalue weighted by Crippen LogP contribution is -2.13. The molecule has 2 rings (SSSR count). The molecule has 0 atom stereocenters. The fourth-order valence-corrected chi connectivity index (χ4v) is 2.45. The number of nitrogens with one attached hydrogen (secondary N) is 2. The van der Waals surface area contributed by atoms with Crippen LogP contribution in [-0.4, -0.2) is 30.1 Å². The number of sulfonamides is 1. The lowest BCUT2D eigenvalue weighted by atomic mass is 10.2. The zero-order valence-corrected chi connectivity index (χ0v) is 12.3. The Morgan fingerprint density at radius 2 is 2.14 bits per heavy atom. The molecule has 9 nitrogen and oxygen atoms in total. The smallest absolute Gasteiger partial charge is 0.293 e. The Balaban J connectivity index is 2.05. The van der Waals surface area contributed by atoms with Crippen LogP contribution in [0.4, 0.5) is 11.4 Å². The van der Waals surface area contributed by atoms with Crippen molar-refractivity contribution in [3.63, 3.8) is 0 Å². The molecule has 118 valence electrons. The standard InChI is InChI=1S/C12H15N5O4S/c13-22(20,21)10-3-4-11(12(8-10)17(18)19)14-6-1-2-9-5-7-15-16-9/h3-5,7-8,14H,1-2,6H2,(H,15,16)(H2,13,20,21). The number of anilines is 1. The van der Waals surface area contributed by atoms with Crippen LogP contribution < -0.4 is 10.5 Å². The number of primary sulfonamides is 1. The molecule has 0 radical (unpaired) electrons.